The number of carbonyl (C=O) groups is 1. The Labute approximate surface area is 206 Å². The van der Waals surface area contributed by atoms with E-state index in [1.54, 1.807) is 36.4 Å². The molecule has 0 atom stereocenters. The van der Waals surface area contributed by atoms with Gasteiger partial charge in [-0.1, -0.05) is 56.3 Å². The summed E-state index contributed by atoms with van der Waals surface area (Å²) in [6.07, 6.45) is 5.96. The van der Waals surface area contributed by atoms with Gasteiger partial charge in [-0.25, -0.2) is 4.79 Å². The highest BCUT2D eigenvalue weighted by molar-refractivity contribution is 6.33. The van der Waals surface area contributed by atoms with Crippen LogP contribution in [0.4, 0.5) is 11.4 Å². The summed E-state index contributed by atoms with van der Waals surface area (Å²) in [6, 6.07) is 17.9. The number of ether oxygens (including phenoxy) is 2. The molecule has 3 aromatic rings. The molecule has 0 saturated heterocycles. The summed E-state index contributed by atoms with van der Waals surface area (Å²) >= 11 is 6.27. The van der Waals surface area contributed by atoms with Crippen LogP contribution in [0.1, 0.15) is 60.5 Å². The van der Waals surface area contributed by atoms with E-state index in [1.807, 2.05) is 38.1 Å². The van der Waals surface area contributed by atoms with Gasteiger partial charge >= 0.3 is 5.97 Å². The molecule has 0 bridgehead atoms. The van der Waals surface area contributed by atoms with Gasteiger partial charge in [-0.2, -0.15) is 5.11 Å². The summed E-state index contributed by atoms with van der Waals surface area (Å²) < 4.78 is 11.3. The first-order valence-electron chi connectivity index (χ1n) is 11.7. The molecule has 0 unspecified atom stereocenters. The molecule has 0 N–H and O–H groups in total. The Kier molecular flexibility index (Phi) is 9.65. The van der Waals surface area contributed by atoms with Gasteiger partial charge in [0.05, 0.1) is 22.9 Å². The van der Waals surface area contributed by atoms with Crippen molar-refractivity contribution < 1.29 is 14.3 Å². The zero-order valence-corrected chi connectivity index (χ0v) is 20.8. The minimum atomic E-state index is -0.421. The summed E-state index contributed by atoms with van der Waals surface area (Å²) in [4.78, 5) is 12.6. The molecule has 3 rings (SSSR count). The predicted octanol–water partition coefficient (Wildman–Crippen LogP) is 8.94. The Bertz CT molecular complexity index is 1130. The Morgan fingerprint density at radius 1 is 0.882 bits per heavy atom. The Morgan fingerprint density at radius 3 is 2.38 bits per heavy atom. The molecule has 0 aliphatic rings. The van der Waals surface area contributed by atoms with Crippen LogP contribution in [0.15, 0.2) is 70.9 Å². The lowest BCUT2D eigenvalue weighted by Gasteiger charge is -2.09. The van der Waals surface area contributed by atoms with Crippen molar-refractivity contribution in [2.24, 2.45) is 10.2 Å². The molecular weight excluding hydrogens is 448 g/mol. The molecule has 6 heteroatoms. The molecule has 0 amide bonds. The van der Waals surface area contributed by atoms with Crippen molar-refractivity contribution in [3.8, 4) is 11.5 Å². The Morgan fingerprint density at radius 2 is 1.65 bits per heavy atom. The highest BCUT2D eigenvalue weighted by Gasteiger charge is 2.11. The average Bonchev–Trinajstić information content (AvgIpc) is 2.84. The molecular formula is C28H31ClN2O3. The lowest BCUT2D eigenvalue weighted by Crippen LogP contribution is -2.09. The van der Waals surface area contributed by atoms with Crippen LogP contribution in [0.2, 0.25) is 5.02 Å². The van der Waals surface area contributed by atoms with Crippen molar-refractivity contribution in [1.29, 1.82) is 0 Å². The number of benzene rings is 3. The van der Waals surface area contributed by atoms with Crippen LogP contribution in [-0.4, -0.2) is 12.6 Å². The maximum Gasteiger partial charge on any atom is 0.343 e. The topological polar surface area (TPSA) is 60.2 Å². The van der Waals surface area contributed by atoms with E-state index in [0.29, 0.717) is 34.3 Å². The SMILES string of the molecule is CCCCCCCOc1ccc(C(=O)Oc2ccc(N=Nc3cccc(C)c3Cl)cc2C)cc1. The second kappa shape index (κ2) is 12.9. The summed E-state index contributed by atoms with van der Waals surface area (Å²) in [5.74, 6) is 0.812. The number of hydrogen-bond donors (Lipinski definition) is 0. The first-order chi connectivity index (χ1) is 16.5. The van der Waals surface area contributed by atoms with E-state index in [-0.39, 0.29) is 0 Å². The second-order valence-electron chi connectivity index (χ2n) is 8.23. The third-order valence-corrected chi connectivity index (χ3v) is 5.90. The minimum absolute atomic E-state index is 0.421. The molecule has 0 saturated carbocycles. The molecule has 3 aromatic carbocycles. The van der Waals surface area contributed by atoms with Gasteiger partial charge in [-0.05, 0) is 79.9 Å². The zero-order valence-electron chi connectivity index (χ0n) is 20.0. The quantitative estimate of drug-likeness (QED) is 0.119. The number of nitrogens with zero attached hydrogens (tertiary/aromatic N) is 2. The highest BCUT2D eigenvalue weighted by atomic mass is 35.5. The first-order valence-corrected chi connectivity index (χ1v) is 12.1. The normalized spacial score (nSPS) is 11.1. The van der Waals surface area contributed by atoms with Crippen molar-refractivity contribution in [2.75, 3.05) is 6.61 Å². The fourth-order valence-corrected chi connectivity index (χ4v) is 3.54. The van der Waals surface area contributed by atoms with Crippen molar-refractivity contribution in [3.63, 3.8) is 0 Å². The monoisotopic (exact) mass is 478 g/mol. The highest BCUT2D eigenvalue weighted by Crippen LogP contribution is 2.31. The number of hydrogen-bond acceptors (Lipinski definition) is 5. The van der Waals surface area contributed by atoms with Crippen LogP contribution in [0.25, 0.3) is 0 Å². The van der Waals surface area contributed by atoms with Gasteiger partial charge in [-0.15, -0.1) is 5.11 Å². The molecule has 0 aromatic heterocycles. The standard InChI is InChI=1S/C28H31ClN2O3/c1-4-5-6-7-8-18-33-24-15-12-22(13-16-24)28(32)34-26-17-14-23(19-21(26)3)30-31-25-11-9-10-20(2)27(25)29/h9-17,19H,4-8,18H2,1-3H3. The van der Waals surface area contributed by atoms with E-state index in [9.17, 15) is 4.79 Å². The van der Waals surface area contributed by atoms with E-state index in [4.69, 9.17) is 21.1 Å². The molecule has 0 spiro atoms. The van der Waals surface area contributed by atoms with Crippen LogP contribution in [0.5, 0.6) is 11.5 Å². The summed E-state index contributed by atoms with van der Waals surface area (Å²) in [7, 11) is 0. The number of halogens is 1. The smallest absolute Gasteiger partial charge is 0.343 e. The zero-order chi connectivity index (χ0) is 24.3. The van der Waals surface area contributed by atoms with Crippen LogP contribution < -0.4 is 9.47 Å². The number of rotatable bonds is 11. The van der Waals surface area contributed by atoms with Crippen molar-refractivity contribution in [1.82, 2.24) is 0 Å². The lowest BCUT2D eigenvalue weighted by atomic mass is 10.2. The summed E-state index contributed by atoms with van der Waals surface area (Å²) in [5.41, 5.74) is 3.44. The van der Waals surface area contributed by atoms with E-state index in [2.05, 4.69) is 17.2 Å². The maximum absolute atomic E-state index is 12.6. The fraction of sp³-hybridized carbons (Fsp3) is 0.321. The molecule has 34 heavy (non-hydrogen) atoms. The van der Waals surface area contributed by atoms with Gasteiger partial charge in [0.2, 0.25) is 0 Å². The number of esters is 1. The number of aryl methyl sites for hydroxylation is 2. The average molecular weight is 479 g/mol. The first kappa shape index (κ1) is 25.4. The van der Waals surface area contributed by atoms with Crippen LogP contribution in [-0.2, 0) is 0 Å². The van der Waals surface area contributed by atoms with Crippen molar-refractivity contribution >= 4 is 28.9 Å². The van der Waals surface area contributed by atoms with Crippen LogP contribution in [0.3, 0.4) is 0 Å². The lowest BCUT2D eigenvalue weighted by molar-refractivity contribution is 0.0733. The van der Waals surface area contributed by atoms with E-state index >= 15 is 0 Å². The van der Waals surface area contributed by atoms with Crippen molar-refractivity contribution in [3.05, 3.63) is 82.4 Å². The second-order valence-corrected chi connectivity index (χ2v) is 8.61. The van der Waals surface area contributed by atoms with Gasteiger partial charge in [0.25, 0.3) is 0 Å². The summed E-state index contributed by atoms with van der Waals surface area (Å²) in [5, 5.41) is 9.08. The number of carbonyl (C=O) groups excluding carboxylic acids is 1. The molecule has 0 radical (unpaired) electrons. The van der Waals surface area contributed by atoms with Gasteiger partial charge in [0.1, 0.15) is 17.2 Å². The number of azo groups is 1. The Hall–Kier alpha value is -3.18. The van der Waals surface area contributed by atoms with Gasteiger partial charge in [-0.3, -0.25) is 0 Å². The van der Waals surface area contributed by atoms with Crippen molar-refractivity contribution in [2.45, 2.75) is 52.9 Å². The van der Waals surface area contributed by atoms with Crippen LogP contribution >= 0.6 is 11.6 Å². The minimum Gasteiger partial charge on any atom is -0.494 e. The van der Waals surface area contributed by atoms with Gasteiger partial charge in [0.15, 0.2) is 0 Å². The van der Waals surface area contributed by atoms with E-state index < -0.39 is 5.97 Å². The molecule has 178 valence electrons. The van der Waals surface area contributed by atoms with Gasteiger partial charge in [0, 0.05) is 0 Å². The predicted molar refractivity (Wildman–Crippen MR) is 137 cm³/mol. The molecule has 0 aliphatic carbocycles. The van der Waals surface area contributed by atoms with E-state index in [1.165, 1.54) is 25.7 Å². The number of unbranched alkanes of at least 4 members (excludes halogenated alkanes) is 4. The fourth-order valence-electron chi connectivity index (χ4n) is 3.37. The molecule has 0 aliphatic heterocycles. The van der Waals surface area contributed by atoms with Gasteiger partial charge < -0.3 is 9.47 Å². The summed E-state index contributed by atoms with van der Waals surface area (Å²) in [6.45, 7) is 6.67. The third kappa shape index (κ3) is 7.42. The van der Waals surface area contributed by atoms with E-state index in [0.717, 1.165) is 23.3 Å². The maximum atomic E-state index is 12.6. The third-order valence-electron chi connectivity index (χ3n) is 5.41. The molecule has 5 nitrogen and oxygen atoms in total. The molecule has 0 fully saturated rings. The Balaban J connectivity index is 1.55. The molecule has 0 heterocycles. The largest absolute Gasteiger partial charge is 0.494 e. The van der Waals surface area contributed by atoms with Crippen LogP contribution in [0, 0.1) is 13.8 Å².